The van der Waals surface area contributed by atoms with Crippen molar-refractivity contribution in [3.8, 4) is 0 Å². The summed E-state index contributed by atoms with van der Waals surface area (Å²) >= 11 is 0. The van der Waals surface area contributed by atoms with Crippen molar-refractivity contribution in [2.75, 3.05) is 37.6 Å². The average Bonchev–Trinajstić information content (AvgIpc) is 2.39. The van der Waals surface area contributed by atoms with Gasteiger partial charge in [0.25, 0.3) is 0 Å². The molecule has 1 aromatic rings. The summed E-state index contributed by atoms with van der Waals surface area (Å²) in [6, 6.07) is 1.98. The molecule has 0 aliphatic carbocycles. The Bertz CT molecular complexity index is 396. The van der Waals surface area contributed by atoms with Gasteiger partial charge in [-0.15, -0.1) is 0 Å². The molecule has 5 nitrogen and oxygen atoms in total. The van der Waals surface area contributed by atoms with Gasteiger partial charge in [0, 0.05) is 44.5 Å². The summed E-state index contributed by atoms with van der Waals surface area (Å²) in [6.45, 7) is 11.1. The molecule has 0 spiro atoms. The van der Waals surface area contributed by atoms with E-state index < -0.39 is 0 Å². The molecular formula is C13H23N5. The second kappa shape index (κ2) is 5.20. The van der Waals surface area contributed by atoms with Gasteiger partial charge in [0.1, 0.15) is 11.6 Å². The van der Waals surface area contributed by atoms with Crippen LogP contribution in [0.2, 0.25) is 0 Å². The van der Waals surface area contributed by atoms with Crippen molar-refractivity contribution in [2.24, 2.45) is 5.73 Å². The molecule has 0 amide bonds. The number of anilines is 1. The predicted molar refractivity (Wildman–Crippen MR) is 73.7 cm³/mol. The first-order chi connectivity index (χ1) is 8.53. The number of aryl methyl sites for hydroxylation is 1. The molecule has 100 valence electrons. The highest BCUT2D eigenvalue weighted by Gasteiger charge is 2.28. The number of hydrogen-bond donors (Lipinski definition) is 1. The maximum Gasteiger partial charge on any atom is 0.132 e. The molecule has 0 atom stereocenters. The van der Waals surface area contributed by atoms with Crippen molar-refractivity contribution in [1.29, 1.82) is 0 Å². The third-order valence-electron chi connectivity index (χ3n) is 3.72. The van der Waals surface area contributed by atoms with Crippen molar-refractivity contribution in [3.05, 3.63) is 18.1 Å². The monoisotopic (exact) mass is 249 g/mol. The quantitative estimate of drug-likeness (QED) is 0.852. The maximum atomic E-state index is 5.83. The minimum Gasteiger partial charge on any atom is -0.354 e. The summed E-state index contributed by atoms with van der Waals surface area (Å²) < 4.78 is 0. The molecule has 1 aliphatic rings. The number of hydrogen-bond acceptors (Lipinski definition) is 5. The van der Waals surface area contributed by atoms with Crippen LogP contribution in [0.3, 0.4) is 0 Å². The van der Waals surface area contributed by atoms with Crippen LogP contribution in [0.1, 0.15) is 19.7 Å². The van der Waals surface area contributed by atoms with Crippen LogP contribution in [0.4, 0.5) is 5.82 Å². The normalized spacial score (nSPS) is 18.1. The number of nitrogens with two attached hydrogens (primary N) is 1. The standard InChI is InChI=1S/C13H23N5/c1-11-15-5-4-12(16-11)17-6-8-18(9-7-17)13(2,3)10-14/h4-5H,6-10,14H2,1-3H3. The SMILES string of the molecule is Cc1nccc(N2CCN(C(C)(C)CN)CC2)n1. The van der Waals surface area contributed by atoms with Crippen LogP contribution in [0.15, 0.2) is 12.3 Å². The molecular weight excluding hydrogens is 226 g/mol. The summed E-state index contributed by atoms with van der Waals surface area (Å²) in [5.41, 5.74) is 5.92. The number of piperazine rings is 1. The Morgan fingerprint density at radius 2 is 1.94 bits per heavy atom. The summed E-state index contributed by atoms with van der Waals surface area (Å²) in [7, 11) is 0. The van der Waals surface area contributed by atoms with Crippen LogP contribution in [0.5, 0.6) is 0 Å². The van der Waals surface area contributed by atoms with Gasteiger partial charge in [-0.3, -0.25) is 4.90 Å². The summed E-state index contributed by atoms with van der Waals surface area (Å²) in [6.07, 6.45) is 1.83. The first kappa shape index (κ1) is 13.2. The van der Waals surface area contributed by atoms with E-state index in [9.17, 15) is 0 Å². The zero-order valence-electron chi connectivity index (χ0n) is 11.6. The molecule has 18 heavy (non-hydrogen) atoms. The Morgan fingerprint density at radius 1 is 1.28 bits per heavy atom. The van der Waals surface area contributed by atoms with E-state index in [4.69, 9.17) is 5.73 Å². The molecule has 0 saturated carbocycles. The van der Waals surface area contributed by atoms with E-state index >= 15 is 0 Å². The molecule has 2 N–H and O–H groups in total. The van der Waals surface area contributed by atoms with E-state index in [1.807, 2.05) is 19.2 Å². The van der Waals surface area contributed by atoms with E-state index in [-0.39, 0.29) is 5.54 Å². The van der Waals surface area contributed by atoms with Gasteiger partial charge < -0.3 is 10.6 Å². The largest absolute Gasteiger partial charge is 0.354 e. The summed E-state index contributed by atoms with van der Waals surface area (Å²) in [5, 5.41) is 0. The number of aromatic nitrogens is 2. The molecule has 2 heterocycles. The topological polar surface area (TPSA) is 58.3 Å². The van der Waals surface area contributed by atoms with E-state index in [0.29, 0.717) is 6.54 Å². The Hall–Kier alpha value is -1.20. The van der Waals surface area contributed by atoms with Gasteiger partial charge in [0.15, 0.2) is 0 Å². The van der Waals surface area contributed by atoms with Gasteiger partial charge in [0.2, 0.25) is 0 Å². The maximum absolute atomic E-state index is 5.83. The molecule has 2 rings (SSSR count). The first-order valence-electron chi connectivity index (χ1n) is 6.52. The highest BCUT2D eigenvalue weighted by atomic mass is 15.3. The first-order valence-corrected chi connectivity index (χ1v) is 6.52. The van der Waals surface area contributed by atoms with E-state index in [1.165, 1.54) is 0 Å². The fourth-order valence-corrected chi connectivity index (χ4v) is 2.29. The highest BCUT2D eigenvalue weighted by Crippen LogP contribution is 2.18. The van der Waals surface area contributed by atoms with Crippen LogP contribution in [-0.2, 0) is 0 Å². The molecule has 5 heteroatoms. The average molecular weight is 249 g/mol. The van der Waals surface area contributed by atoms with Gasteiger partial charge >= 0.3 is 0 Å². The highest BCUT2D eigenvalue weighted by molar-refractivity contribution is 5.38. The summed E-state index contributed by atoms with van der Waals surface area (Å²) in [4.78, 5) is 13.4. The smallest absolute Gasteiger partial charge is 0.132 e. The molecule has 1 aliphatic heterocycles. The van der Waals surface area contributed by atoms with Crippen LogP contribution in [0, 0.1) is 6.92 Å². The van der Waals surface area contributed by atoms with E-state index in [0.717, 1.165) is 37.8 Å². The molecule has 1 aromatic heterocycles. The predicted octanol–water partition coefficient (Wildman–Crippen LogP) is 0.644. The second-order valence-electron chi connectivity index (χ2n) is 5.45. The van der Waals surface area contributed by atoms with Crippen molar-refractivity contribution >= 4 is 5.82 Å². The molecule has 0 aromatic carbocycles. The van der Waals surface area contributed by atoms with E-state index in [1.54, 1.807) is 0 Å². The summed E-state index contributed by atoms with van der Waals surface area (Å²) in [5.74, 6) is 1.87. The van der Waals surface area contributed by atoms with Crippen LogP contribution < -0.4 is 10.6 Å². The van der Waals surface area contributed by atoms with Crippen molar-refractivity contribution < 1.29 is 0 Å². The Morgan fingerprint density at radius 3 is 2.50 bits per heavy atom. The van der Waals surface area contributed by atoms with Gasteiger partial charge in [-0.05, 0) is 26.8 Å². The lowest BCUT2D eigenvalue weighted by atomic mass is 10.0. The molecule has 0 unspecified atom stereocenters. The number of nitrogens with zero attached hydrogens (tertiary/aromatic N) is 4. The number of rotatable bonds is 3. The minimum absolute atomic E-state index is 0.0910. The van der Waals surface area contributed by atoms with Gasteiger partial charge in [0.05, 0.1) is 0 Å². The van der Waals surface area contributed by atoms with Crippen molar-refractivity contribution in [2.45, 2.75) is 26.3 Å². The fraction of sp³-hybridized carbons (Fsp3) is 0.692. The molecule has 0 bridgehead atoms. The Balaban J connectivity index is 1.99. The van der Waals surface area contributed by atoms with Crippen LogP contribution in [0.25, 0.3) is 0 Å². The van der Waals surface area contributed by atoms with E-state index in [2.05, 4.69) is 33.6 Å². The lowest BCUT2D eigenvalue weighted by Gasteiger charge is -2.43. The van der Waals surface area contributed by atoms with Gasteiger partial charge in [-0.25, -0.2) is 9.97 Å². The van der Waals surface area contributed by atoms with Gasteiger partial charge in [-0.2, -0.15) is 0 Å². The zero-order chi connectivity index (χ0) is 13.2. The molecule has 0 radical (unpaired) electrons. The fourth-order valence-electron chi connectivity index (χ4n) is 2.29. The zero-order valence-corrected chi connectivity index (χ0v) is 11.6. The molecule has 1 saturated heterocycles. The van der Waals surface area contributed by atoms with Crippen LogP contribution in [-0.4, -0.2) is 53.1 Å². The van der Waals surface area contributed by atoms with Crippen molar-refractivity contribution in [1.82, 2.24) is 14.9 Å². The second-order valence-corrected chi connectivity index (χ2v) is 5.45. The Kier molecular flexibility index (Phi) is 3.82. The van der Waals surface area contributed by atoms with Crippen LogP contribution >= 0.6 is 0 Å². The lowest BCUT2D eigenvalue weighted by Crippen LogP contribution is -2.57. The lowest BCUT2D eigenvalue weighted by molar-refractivity contribution is 0.119. The third-order valence-corrected chi connectivity index (χ3v) is 3.72. The Labute approximate surface area is 109 Å². The molecule has 1 fully saturated rings. The third kappa shape index (κ3) is 2.79. The van der Waals surface area contributed by atoms with Crippen molar-refractivity contribution in [3.63, 3.8) is 0 Å². The minimum atomic E-state index is 0.0910. The van der Waals surface area contributed by atoms with Gasteiger partial charge in [-0.1, -0.05) is 0 Å².